The summed E-state index contributed by atoms with van der Waals surface area (Å²) in [6.45, 7) is -0.494. The number of imide groups is 1. The number of carbonyl (C=O) groups is 4. The number of halogens is 1. The van der Waals surface area contributed by atoms with Crippen molar-refractivity contribution >= 4 is 45.9 Å². The molecule has 0 spiro atoms. The number of amides is 3. The van der Waals surface area contributed by atoms with Crippen molar-refractivity contribution in [2.24, 2.45) is 0 Å². The molecule has 0 unspecified atom stereocenters. The van der Waals surface area contributed by atoms with Crippen LogP contribution < -0.4 is 14.8 Å². The molecule has 3 amide bonds. The molecule has 1 aliphatic heterocycles. The van der Waals surface area contributed by atoms with Crippen LogP contribution in [0.15, 0.2) is 38.9 Å². The van der Waals surface area contributed by atoms with Crippen LogP contribution in [0.5, 0.6) is 11.5 Å². The van der Waals surface area contributed by atoms with Gasteiger partial charge in [0.2, 0.25) is 5.76 Å². The SMILES string of the molecule is COC(=O)COc1c(Br)cc(/C=C2\NC(=O)N(Cc3ccc(C(=O)OC)o3)C2=O)cc1OC. The van der Waals surface area contributed by atoms with E-state index in [1.165, 1.54) is 39.5 Å². The van der Waals surface area contributed by atoms with E-state index in [1.54, 1.807) is 12.1 Å². The summed E-state index contributed by atoms with van der Waals surface area (Å²) in [6.07, 6.45) is 1.46. The Hall–Kier alpha value is -3.80. The zero-order valence-corrected chi connectivity index (χ0v) is 19.4. The Kier molecular flexibility index (Phi) is 7.38. The summed E-state index contributed by atoms with van der Waals surface area (Å²) in [4.78, 5) is 48.9. The van der Waals surface area contributed by atoms with Gasteiger partial charge in [-0.3, -0.25) is 9.69 Å². The van der Waals surface area contributed by atoms with Crippen LogP contribution in [-0.4, -0.2) is 56.7 Å². The minimum atomic E-state index is -0.669. The first-order valence-electron chi connectivity index (χ1n) is 9.36. The highest BCUT2D eigenvalue weighted by Gasteiger charge is 2.34. The number of nitrogens with zero attached hydrogens (tertiary/aromatic N) is 1. The quantitative estimate of drug-likeness (QED) is 0.315. The Morgan fingerprint density at radius 3 is 2.58 bits per heavy atom. The number of hydrogen-bond donors (Lipinski definition) is 1. The lowest BCUT2D eigenvalue weighted by molar-refractivity contribution is -0.143. The number of hydrogen-bond acceptors (Lipinski definition) is 9. The molecule has 1 saturated heterocycles. The van der Waals surface area contributed by atoms with Crippen LogP contribution in [0.3, 0.4) is 0 Å². The minimum absolute atomic E-state index is 0.0249. The molecule has 0 radical (unpaired) electrons. The molecule has 12 heteroatoms. The van der Waals surface area contributed by atoms with E-state index in [2.05, 4.69) is 30.7 Å². The molecule has 11 nitrogen and oxygen atoms in total. The van der Waals surface area contributed by atoms with Gasteiger partial charge in [0.1, 0.15) is 11.5 Å². The van der Waals surface area contributed by atoms with Gasteiger partial charge in [-0.05, 0) is 51.8 Å². The first-order valence-corrected chi connectivity index (χ1v) is 10.1. The van der Waals surface area contributed by atoms with Gasteiger partial charge in [0, 0.05) is 0 Å². The number of methoxy groups -OCH3 is 3. The van der Waals surface area contributed by atoms with Crippen LogP contribution in [0.1, 0.15) is 21.9 Å². The van der Waals surface area contributed by atoms with Crippen LogP contribution >= 0.6 is 15.9 Å². The van der Waals surface area contributed by atoms with E-state index in [9.17, 15) is 19.2 Å². The average Bonchev–Trinajstić information content (AvgIpc) is 3.37. The van der Waals surface area contributed by atoms with Crippen molar-refractivity contribution in [1.82, 2.24) is 10.2 Å². The maximum Gasteiger partial charge on any atom is 0.373 e. The molecule has 174 valence electrons. The largest absolute Gasteiger partial charge is 0.493 e. The van der Waals surface area contributed by atoms with Gasteiger partial charge < -0.3 is 28.7 Å². The molecule has 2 aromatic rings. The van der Waals surface area contributed by atoms with Crippen molar-refractivity contribution in [3.63, 3.8) is 0 Å². The van der Waals surface area contributed by atoms with Crippen molar-refractivity contribution in [3.05, 3.63) is 51.5 Å². The van der Waals surface area contributed by atoms with Gasteiger partial charge in [-0.15, -0.1) is 0 Å². The van der Waals surface area contributed by atoms with E-state index in [1.807, 2.05) is 0 Å². The minimum Gasteiger partial charge on any atom is -0.493 e. The molecule has 2 heterocycles. The van der Waals surface area contributed by atoms with E-state index in [0.29, 0.717) is 15.8 Å². The zero-order valence-electron chi connectivity index (χ0n) is 17.8. The number of carbonyl (C=O) groups excluding carboxylic acids is 4. The second-order valence-electron chi connectivity index (χ2n) is 6.54. The third-order valence-corrected chi connectivity index (χ3v) is 5.04. The van der Waals surface area contributed by atoms with Crippen LogP contribution in [0.2, 0.25) is 0 Å². The molecule has 1 N–H and O–H groups in total. The zero-order chi connectivity index (χ0) is 24.1. The Bertz CT molecular complexity index is 1140. The van der Waals surface area contributed by atoms with Gasteiger partial charge in [-0.2, -0.15) is 0 Å². The molecule has 1 aliphatic rings. The fourth-order valence-corrected chi connectivity index (χ4v) is 3.44. The van der Waals surface area contributed by atoms with Crippen molar-refractivity contribution in [2.75, 3.05) is 27.9 Å². The molecule has 1 aromatic heterocycles. The molecular weight excluding hydrogens is 504 g/mol. The maximum atomic E-state index is 12.8. The third kappa shape index (κ3) is 5.34. The first-order chi connectivity index (χ1) is 15.8. The lowest BCUT2D eigenvalue weighted by Crippen LogP contribution is -2.30. The van der Waals surface area contributed by atoms with Gasteiger partial charge in [-0.1, -0.05) is 0 Å². The summed E-state index contributed by atoms with van der Waals surface area (Å²) < 4.78 is 25.6. The normalized spacial score (nSPS) is 14.3. The number of urea groups is 1. The molecule has 33 heavy (non-hydrogen) atoms. The summed E-state index contributed by atoms with van der Waals surface area (Å²) in [6, 6.07) is 5.42. The molecule has 1 aromatic carbocycles. The summed E-state index contributed by atoms with van der Waals surface area (Å²) in [5, 5.41) is 2.50. The van der Waals surface area contributed by atoms with Crippen molar-refractivity contribution in [1.29, 1.82) is 0 Å². The fraction of sp³-hybridized carbons (Fsp3) is 0.238. The van der Waals surface area contributed by atoms with Gasteiger partial charge in [-0.25, -0.2) is 14.4 Å². The monoisotopic (exact) mass is 522 g/mol. The highest BCUT2D eigenvalue weighted by Crippen LogP contribution is 2.37. The molecule has 0 atom stereocenters. The topological polar surface area (TPSA) is 134 Å². The lowest BCUT2D eigenvalue weighted by Gasteiger charge is -2.13. The Morgan fingerprint density at radius 2 is 1.91 bits per heavy atom. The van der Waals surface area contributed by atoms with Crippen molar-refractivity contribution < 1.29 is 42.5 Å². The molecular formula is C21H19BrN2O9. The molecule has 0 bridgehead atoms. The van der Waals surface area contributed by atoms with E-state index < -0.39 is 23.9 Å². The summed E-state index contributed by atoms with van der Waals surface area (Å²) in [7, 11) is 3.87. The van der Waals surface area contributed by atoms with Crippen LogP contribution in [0, 0.1) is 0 Å². The predicted molar refractivity (Wildman–Crippen MR) is 115 cm³/mol. The van der Waals surface area contributed by atoms with Gasteiger partial charge in [0.15, 0.2) is 18.1 Å². The molecule has 3 rings (SSSR count). The van der Waals surface area contributed by atoms with Gasteiger partial charge in [0.25, 0.3) is 5.91 Å². The molecule has 0 aliphatic carbocycles. The van der Waals surface area contributed by atoms with E-state index in [-0.39, 0.29) is 36.1 Å². The number of nitrogens with one attached hydrogen (secondary N) is 1. The van der Waals surface area contributed by atoms with Crippen LogP contribution in [0.4, 0.5) is 4.79 Å². The number of furan rings is 1. The van der Waals surface area contributed by atoms with Gasteiger partial charge >= 0.3 is 18.0 Å². The van der Waals surface area contributed by atoms with Gasteiger partial charge in [0.05, 0.1) is 32.3 Å². The smallest absolute Gasteiger partial charge is 0.373 e. The Morgan fingerprint density at radius 1 is 1.15 bits per heavy atom. The third-order valence-electron chi connectivity index (χ3n) is 4.45. The summed E-state index contributed by atoms with van der Waals surface area (Å²) >= 11 is 3.34. The number of esters is 2. The van der Waals surface area contributed by atoms with E-state index in [4.69, 9.17) is 13.9 Å². The highest BCUT2D eigenvalue weighted by atomic mass is 79.9. The molecule has 1 fully saturated rings. The maximum absolute atomic E-state index is 12.8. The van der Waals surface area contributed by atoms with Crippen LogP contribution in [0.25, 0.3) is 6.08 Å². The Labute approximate surface area is 196 Å². The van der Waals surface area contributed by atoms with E-state index >= 15 is 0 Å². The number of ether oxygens (including phenoxy) is 4. The summed E-state index contributed by atoms with van der Waals surface area (Å²) in [5.74, 6) is -1.06. The standard InChI is InChI=1S/C21H19BrN2O9/c1-29-16-8-11(6-13(22)18(16)32-10-17(25)30-2)7-14-19(26)24(21(28)23-14)9-12-4-5-15(33-12)20(27)31-3/h4-8H,9-10H2,1-3H3,(H,23,28)/b14-7-. The predicted octanol–water partition coefficient (Wildman–Crippen LogP) is 2.48. The van der Waals surface area contributed by atoms with Crippen LogP contribution in [-0.2, 0) is 25.6 Å². The number of rotatable bonds is 8. The van der Waals surface area contributed by atoms with Crippen molar-refractivity contribution in [3.8, 4) is 11.5 Å². The summed E-state index contributed by atoms with van der Waals surface area (Å²) in [5.41, 5.74) is 0.539. The first kappa shape index (κ1) is 23.9. The fourth-order valence-electron chi connectivity index (χ4n) is 2.86. The number of benzene rings is 1. The van der Waals surface area contributed by atoms with Crippen molar-refractivity contribution in [2.45, 2.75) is 6.54 Å². The second kappa shape index (κ2) is 10.2. The van der Waals surface area contributed by atoms with E-state index in [0.717, 1.165) is 4.90 Å². The molecule has 0 saturated carbocycles. The lowest BCUT2D eigenvalue weighted by atomic mass is 10.1. The Balaban J connectivity index is 1.79. The highest BCUT2D eigenvalue weighted by molar-refractivity contribution is 9.10. The average molecular weight is 523 g/mol. The second-order valence-corrected chi connectivity index (χ2v) is 7.39.